The maximum atomic E-state index is 11.4. The van der Waals surface area contributed by atoms with Gasteiger partial charge in [0.05, 0.1) is 5.69 Å². The number of imidazole rings is 1. The summed E-state index contributed by atoms with van der Waals surface area (Å²) in [6, 6.07) is 0. The van der Waals surface area contributed by atoms with E-state index in [2.05, 4.69) is 4.98 Å². The quantitative estimate of drug-likeness (QED) is 0.318. The molecule has 1 amide bonds. The fourth-order valence-electron chi connectivity index (χ4n) is 2.61. The number of primary amides is 1. The molecule has 0 radical (unpaired) electrons. The number of amides is 1. The molecule has 0 aliphatic rings. The van der Waals surface area contributed by atoms with Crippen LogP contribution in [-0.2, 0) is 11.8 Å². The minimum atomic E-state index is -0.579. The summed E-state index contributed by atoms with van der Waals surface area (Å²) in [5.41, 5.74) is 20.4. The minimum absolute atomic E-state index is 0.269. The number of hydrogen-bond donors (Lipinski definition) is 4. The Balaban J connectivity index is 3.50. The van der Waals surface area contributed by atoms with Crippen LogP contribution < -0.4 is 17.2 Å². The minimum Gasteiger partial charge on any atom is -0.405 e. The van der Waals surface area contributed by atoms with Crippen molar-refractivity contribution in [3.8, 4) is 0 Å². The monoisotopic (exact) mass is 368 g/mol. The Morgan fingerprint density at radius 2 is 2.04 bits per heavy atom. The lowest BCUT2D eigenvalue weighted by molar-refractivity contribution is -0.114. The van der Waals surface area contributed by atoms with E-state index in [1.54, 1.807) is 19.1 Å². The molecule has 0 unspecified atom stereocenters. The third kappa shape index (κ3) is 5.31. The Kier molecular flexibility index (Phi) is 8.00. The number of rotatable bonds is 8. The highest BCUT2D eigenvalue weighted by Gasteiger charge is 2.14. The van der Waals surface area contributed by atoms with Crippen LogP contribution in [0.4, 0.5) is 0 Å². The van der Waals surface area contributed by atoms with E-state index in [1.165, 1.54) is 12.3 Å². The van der Waals surface area contributed by atoms with Gasteiger partial charge in [0.2, 0.25) is 5.91 Å². The van der Waals surface area contributed by atoms with Crippen LogP contribution in [0, 0.1) is 5.41 Å². The van der Waals surface area contributed by atoms with Crippen LogP contribution in [0.25, 0.3) is 11.1 Å². The molecular formula is C20H28N6O. The molecule has 0 atom stereocenters. The Morgan fingerprint density at radius 3 is 2.52 bits per heavy atom. The zero-order chi connectivity index (χ0) is 20.6. The molecule has 144 valence electrons. The lowest BCUT2D eigenvalue weighted by Crippen LogP contribution is -2.15. The van der Waals surface area contributed by atoms with Gasteiger partial charge in [-0.3, -0.25) is 4.79 Å². The second-order valence-electron chi connectivity index (χ2n) is 5.88. The van der Waals surface area contributed by atoms with Gasteiger partial charge in [0, 0.05) is 41.9 Å². The number of hydrogen-bond acceptors (Lipinski definition) is 5. The number of carbonyl (C=O) groups excluding carboxylic acids is 1. The smallest absolute Gasteiger partial charge is 0.248 e. The molecule has 7 N–H and O–H groups in total. The number of aryl methyl sites for hydroxylation is 1. The van der Waals surface area contributed by atoms with Crippen LogP contribution in [0.5, 0.6) is 0 Å². The molecule has 0 fully saturated rings. The van der Waals surface area contributed by atoms with Crippen LogP contribution in [0.3, 0.4) is 0 Å². The molecule has 0 spiro atoms. The van der Waals surface area contributed by atoms with Crippen molar-refractivity contribution in [2.75, 3.05) is 0 Å². The molecule has 0 aromatic carbocycles. The Labute approximate surface area is 160 Å². The SMILES string of the molecule is CC=C(/C=C(N)\C(C=N)=C(/C)c1nc(C(/C=C\N)=C\CC)cn1C)C(N)=O. The van der Waals surface area contributed by atoms with Gasteiger partial charge in [0.25, 0.3) is 0 Å². The standard InChI is InChI=1S/C20H28N6O/c1-5-7-15(8-9-21)18-12-26(4)20(25-18)13(3)16(11-22)17(23)10-14(6-2)19(24)27/h6-12,22H,5,21,23H2,1-4H3,(H2,24,27)/b9-8-,14-6?,15-7-,16-13+,17-10+,22-11?. The lowest BCUT2D eigenvalue weighted by Gasteiger charge is -2.09. The van der Waals surface area contributed by atoms with E-state index in [-0.39, 0.29) is 11.3 Å². The molecule has 1 aromatic rings. The van der Waals surface area contributed by atoms with Gasteiger partial charge in [-0.1, -0.05) is 19.1 Å². The molecule has 0 saturated heterocycles. The van der Waals surface area contributed by atoms with Gasteiger partial charge >= 0.3 is 0 Å². The molecule has 7 heteroatoms. The van der Waals surface area contributed by atoms with Crippen molar-refractivity contribution < 1.29 is 4.79 Å². The van der Waals surface area contributed by atoms with Gasteiger partial charge in [0.1, 0.15) is 5.82 Å². The van der Waals surface area contributed by atoms with E-state index < -0.39 is 5.91 Å². The third-order valence-electron chi connectivity index (χ3n) is 3.97. The zero-order valence-electron chi connectivity index (χ0n) is 16.3. The summed E-state index contributed by atoms with van der Waals surface area (Å²) in [6.45, 7) is 5.56. The van der Waals surface area contributed by atoms with Crippen LogP contribution in [0.1, 0.15) is 38.7 Å². The first-order valence-electron chi connectivity index (χ1n) is 8.58. The second-order valence-corrected chi connectivity index (χ2v) is 5.88. The Bertz CT molecular complexity index is 865. The van der Waals surface area contributed by atoms with Crippen molar-refractivity contribution in [2.24, 2.45) is 24.2 Å². The molecule has 1 heterocycles. The fraction of sp³-hybridized carbons (Fsp3) is 0.250. The molecule has 1 rings (SSSR count). The van der Waals surface area contributed by atoms with Gasteiger partial charge in [-0.25, -0.2) is 4.98 Å². The average molecular weight is 368 g/mol. The summed E-state index contributed by atoms with van der Waals surface area (Å²) in [7, 11) is 1.87. The summed E-state index contributed by atoms with van der Waals surface area (Å²) < 4.78 is 1.86. The lowest BCUT2D eigenvalue weighted by atomic mass is 10.0. The molecule has 0 saturated carbocycles. The predicted octanol–water partition coefficient (Wildman–Crippen LogP) is 2.38. The summed E-state index contributed by atoms with van der Waals surface area (Å²) in [5, 5.41) is 7.76. The number of nitrogens with one attached hydrogen (secondary N) is 1. The number of allylic oxidation sites excluding steroid dienone is 6. The Morgan fingerprint density at radius 1 is 1.37 bits per heavy atom. The summed E-state index contributed by atoms with van der Waals surface area (Å²) in [4.78, 5) is 16.1. The molecular weight excluding hydrogens is 340 g/mol. The number of aromatic nitrogens is 2. The van der Waals surface area contributed by atoms with Gasteiger partial charge in [-0.2, -0.15) is 0 Å². The molecule has 0 aliphatic carbocycles. The summed E-state index contributed by atoms with van der Waals surface area (Å²) in [6.07, 6.45) is 12.2. The molecule has 27 heavy (non-hydrogen) atoms. The topological polar surface area (TPSA) is 137 Å². The van der Waals surface area contributed by atoms with Crippen LogP contribution in [-0.4, -0.2) is 21.7 Å². The highest BCUT2D eigenvalue weighted by atomic mass is 16.1. The second kappa shape index (κ2) is 9.96. The highest BCUT2D eigenvalue weighted by molar-refractivity contribution is 5.97. The number of carbonyl (C=O) groups is 1. The van der Waals surface area contributed by atoms with Crippen molar-refractivity contribution in [1.82, 2.24) is 9.55 Å². The first-order chi connectivity index (χ1) is 12.8. The van der Waals surface area contributed by atoms with Crippen molar-refractivity contribution in [1.29, 1.82) is 5.41 Å². The van der Waals surface area contributed by atoms with Gasteiger partial charge < -0.3 is 27.2 Å². The fourth-order valence-corrected chi connectivity index (χ4v) is 2.61. The van der Waals surface area contributed by atoms with Crippen molar-refractivity contribution in [3.05, 3.63) is 65.1 Å². The molecule has 7 nitrogen and oxygen atoms in total. The maximum Gasteiger partial charge on any atom is 0.248 e. The van der Waals surface area contributed by atoms with Crippen molar-refractivity contribution in [2.45, 2.75) is 27.2 Å². The van der Waals surface area contributed by atoms with Gasteiger partial charge in [0.15, 0.2) is 0 Å². The van der Waals surface area contributed by atoms with E-state index in [9.17, 15) is 4.79 Å². The van der Waals surface area contributed by atoms with E-state index in [4.69, 9.17) is 22.6 Å². The van der Waals surface area contributed by atoms with Crippen molar-refractivity contribution in [3.63, 3.8) is 0 Å². The summed E-state index contributed by atoms with van der Waals surface area (Å²) in [5.74, 6) is 0.0815. The van der Waals surface area contributed by atoms with Crippen LogP contribution in [0.2, 0.25) is 0 Å². The Hall–Kier alpha value is -3.35. The predicted molar refractivity (Wildman–Crippen MR) is 111 cm³/mol. The number of nitrogens with zero attached hydrogens (tertiary/aromatic N) is 2. The van der Waals surface area contributed by atoms with E-state index in [0.29, 0.717) is 17.0 Å². The number of nitrogens with two attached hydrogens (primary N) is 3. The maximum absolute atomic E-state index is 11.4. The van der Waals surface area contributed by atoms with Crippen molar-refractivity contribution >= 4 is 23.3 Å². The highest BCUT2D eigenvalue weighted by Crippen LogP contribution is 2.23. The van der Waals surface area contributed by atoms with Gasteiger partial charge in [-0.15, -0.1) is 0 Å². The van der Waals surface area contributed by atoms with E-state index in [1.807, 2.05) is 37.7 Å². The third-order valence-corrected chi connectivity index (χ3v) is 3.97. The first kappa shape index (κ1) is 21.7. The largest absolute Gasteiger partial charge is 0.405 e. The average Bonchev–Trinajstić information content (AvgIpc) is 3.01. The van der Waals surface area contributed by atoms with Gasteiger partial charge in [-0.05, 0) is 44.2 Å². The normalized spacial score (nSPS) is 14.4. The van der Waals surface area contributed by atoms with Crippen LogP contribution >= 0.6 is 0 Å². The zero-order valence-corrected chi connectivity index (χ0v) is 16.3. The molecule has 1 aromatic heterocycles. The van der Waals surface area contributed by atoms with E-state index in [0.717, 1.165) is 23.9 Å². The molecule has 0 aliphatic heterocycles. The van der Waals surface area contributed by atoms with E-state index >= 15 is 0 Å². The van der Waals surface area contributed by atoms with Crippen LogP contribution in [0.15, 0.2) is 53.5 Å². The molecule has 0 bridgehead atoms. The first-order valence-corrected chi connectivity index (χ1v) is 8.58. The summed E-state index contributed by atoms with van der Waals surface area (Å²) >= 11 is 0.